The Morgan fingerprint density at radius 1 is 1.21 bits per heavy atom. The minimum atomic E-state index is -4.54. The third-order valence-electron chi connectivity index (χ3n) is 6.25. The van der Waals surface area contributed by atoms with Gasteiger partial charge >= 0.3 is 5.51 Å². The molecule has 0 saturated carbocycles. The lowest BCUT2D eigenvalue weighted by Gasteiger charge is -2.33. The van der Waals surface area contributed by atoms with Crippen LogP contribution in [0.1, 0.15) is 12.0 Å². The van der Waals surface area contributed by atoms with Crippen LogP contribution in [0.5, 0.6) is 5.75 Å². The molecule has 1 aromatic carbocycles. The summed E-state index contributed by atoms with van der Waals surface area (Å²) in [4.78, 5) is 1.99. The first kappa shape index (κ1) is 28.9. The first-order chi connectivity index (χ1) is 18.4. The number of pyridine rings is 1. The summed E-state index contributed by atoms with van der Waals surface area (Å²) in [7, 11) is -0.183. The van der Waals surface area contributed by atoms with E-state index < -0.39 is 27.6 Å². The number of methoxy groups -OCH3 is 1. The second-order valence-electron chi connectivity index (χ2n) is 9.20. The summed E-state index contributed by atoms with van der Waals surface area (Å²) >= 11 is -0.262. The topological polar surface area (TPSA) is 75.1 Å². The number of halogens is 4. The highest BCUT2D eigenvalue weighted by atomic mass is 32.2. The predicted octanol–water partition coefficient (Wildman–Crippen LogP) is 4.88. The van der Waals surface area contributed by atoms with Crippen molar-refractivity contribution in [2.24, 2.45) is 0 Å². The molecule has 13 heteroatoms. The molecule has 2 aromatic heterocycles. The number of aromatic nitrogens is 1. The summed E-state index contributed by atoms with van der Waals surface area (Å²) in [5.74, 6) is 5.94. The zero-order chi connectivity index (χ0) is 28.4. The number of benzene rings is 1. The summed E-state index contributed by atoms with van der Waals surface area (Å²) in [6, 6.07) is 8.78. The Hall–Kier alpha value is -3.08. The van der Waals surface area contributed by atoms with Gasteiger partial charge in [-0.2, -0.15) is 13.2 Å². The van der Waals surface area contributed by atoms with Crippen LogP contribution in [0.2, 0.25) is 0 Å². The van der Waals surface area contributed by atoms with E-state index in [1.807, 2.05) is 11.9 Å². The van der Waals surface area contributed by atoms with Gasteiger partial charge in [-0.15, -0.1) is 0 Å². The number of nitrogens with zero attached hydrogens (tertiary/aromatic N) is 2. The first-order valence-corrected chi connectivity index (χ1v) is 14.7. The van der Waals surface area contributed by atoms with E-state index in [4.69, 9.17) is 4.74 Å². The summed E-state index contributed by atoms with van der Waals surface area (Å²) in [5.41, 5.74) is -2.89. The zero-order valence-corrected chi connectivity index (χ0v) is 23.1. The van der Waals surface area contributed by atoms with Crippen molar-refractivity contribution in [1.82, 2.24) is 9.30 Å². The summed E-state index contributed by atoms with van der Waals surface area (Å²) in [6.45, 7) is 1.05. The molecule has 1 aliphatic heterocycles. The average molecular weight is 585 g/mol. The van der Waals surface area contributed by atoms with Gasteiger partial charge in [-0.3, -0.25) is 0 Å². The summed E-state index contributed by atoms with van der Waals surface area (Å²) < 4.78 is 85.3. The van der Waals surface area contributed by atoms with Crippen molar-refractivity contribution in [2.75, 3.05) is 50.7 Å². The van der Waals surface area contributed by atoms with Crippen molar-refractivity contribution in [3.8, 4) is 17.6 Å². The second-order valence-corrected chi connectivity index (χ2v) is 12.3. The lowest BCUT2D eigenvalue weighted by atomic mass is 10.0. The van der Waals surface area contributed by atoms with Gasteiger partial charge in [0.2, 0.25) is 0 Å². The lowest BCUT2D eigenvalue weighted by molar-refractivity contribution is -0.0329. The van der Waals surface area contributed by atoms with E-state index in [0.717, 1.165) is 6.26 Å². The van der Waals surface area contributed by atoms with Crippen LogP contribution in [0, 0.1) is 11.8 Å². The van der Waals surface area contributed by atoms with Gasteiger partial charge in [-0.05, 0) is 43.8 Å². The first-order valence-electron chi connectivity index (χ1n) is 12.0. The van der Waals surface area contributed by atoms with Crippen molar-refractivity contribution in [3.63, 3.8) is 0 Å². The fourth-order valence-electron chi connectivity index (χ4n) is 4.34. The number of fused-ring (bicyclic) bond motifs is 1. The number of anilines is 2. The van der Waals surface area contributed by atoms with Crippen LogP contribution in [-0.2, 0) is 9.84 Å². The number of hydrogen-bond acceptors (Lipinski definition) is 7. The monoisotopic (exact) mass is 584 g/mol. The van der Waals surface area contributed by atoms with Gasteiger partial charge in [0.1, 0.15) is 16.9 Å². The molecule has 39 heavy (non-hydrogen) atoms. The molecule has 1 aliphatic rings. The highest BCUT2D eigenvalue weighted by molar-refractivity contribution is 8.00. The third kappa shape index (κ3) is 7.12. The molecule has 0 bridgehead atoms. The number of piperidine rings is 1. The van der Waals surface area contributed by atoms with Gasteiger partial charge in [-0.1, -0.05) is 11.8 Å². The number of ether oxygens (including phenoxy) is 1. The number of likely N-dealkylation sites (tertiary alicyclic amines) is 1. The maximum Gasteiger partial charge on any atom is 0.447 e. The smallest absolute Gasteiger partial charge is 0.447 e. The summed E-state index contributed by atoms with van der Waals surface area (Å²) in [6.07, 6.45) is 2.06. The standard InChI is InChI=1S/C26H28F4N4O3S2/c1-33-13-10-20(19(27)16-33)32-21-7-5-12-34-23(21)14-17(25(34)38-26(28,29)30)6-4-11-31-22-9-8-18(39(3,35)36)15-24(22)37-2/h5,7-9,12,14-15,19-20,31-32H,10-11,13,16H2,1-3H3/t19-,20+/m0/s1. The van der Waals surface area contributed by atoms with Gasteiger partial charge in [0.05, 0.1) is 47.0 Å². The maximum atomic E-state index is 14.6. The molecule has 3 heterocycles. The lowest BCUT2D eigenvalue weighted by Crippen LogP contribution is -2.46. The summed E-state index contributed by atoms with van der Waals surface area (Å²) in [5, 5.41) is 6.09. The number of nitrogens with one attached hydrogen (secondary N) is 2. The minimum Gasteiger partial charge on any atom is -0.495 e. The molecular formula is C26H28F4N4O3S2. The van der Waals surface area contributed by atoms with Crippen molar-refractivity contribution < 1.29 is 30.7 Å². The molecule has 0 radical (unpaired) electrons. The van der Waals surface area contributed by atoms with Crippen LogP contribution in [0.4, 0.5) is 28.9 Å². The van der Waals surface area contributed by atoms with Crippen LogP contribution in [-0.4, -0.2) is 75.5 Å². The molecule has 3 aromatic rings. The van der Waals surface area contributed by atoms with Crippen LogP contribution in [0.15, 0.2) is 52.5 Å². The van der Waals surface area contributed by atoms with E-state index in [1.165, 1.54) is 35.9 Å². The van der Waals surface area contributed by atoms with Gasteiger partial charge in [0.15, 0.2) is 9.84 Å². The maximum absolute atomic E-state index is 14.6. The molecule has 0 amide bonds. The molecule has 4 rings (SSSR count). The Morgan fingerprint density at radius 3 is 2.64 bits per heavy atom. The number of thioether (sulfide) groups is 1. The number of hydrogen-bond donors (Lipinski definition) is 2. The Morgan fingerprint density at radius 2 is 1.97 bits per heavy atom. The normalized spacial score (nSPS) is 18.4. The Balaban J connectivity index is 1.61. The quantitative estimate of drug-likeness (QED) is 0.233. The van der Waals surface area contributed by atoms with E-state index in [9.17, 15) is 26.0 Å². The molecule has 210 valence electrons. The van der Waals surface area contributed by atoms with Gasteiger partial charge in [0.25, 0.3) is 0 Å². The SMILES string of the molecule is COc1cc(S(C)(=O)=O)ccc1NCC#Cc1cc2c(N[C@@H]3CCN(C)C[C@@H]3F)cccn2c1SC(F)(F)F. The molecular weight excluding hydrogens is 556 g/mol. The number of sulfone groups is 1. The predicted molar refractivity (Wildman–Crippen MR) is 145 cm³/mol. The van der Waals surface area contributed by atoms with Gasteiger partial charge in [-0.25, -0.2) is 12.8 Å². The van der Waals surface area contributed by atoms with Crippen molar-refractivity contribution in [2.45, 2.75) is 34.1 Å². The zero-order valence-electron chi connectivity index (χ0n) is 21.5. The van der Waals surface area contributed by atoms with Gasteiger partial charge in [0, 0.05) is 43.4 Å². The van der Waals surface area contributed by atoms with Crippen molar-refractivity contribution in [3.05, 3.63) is 48.2 Å². The van der Waals surface area contributed by atoms with E-state index in [0.29, 0.717) is 35.6 Å². The van der Waals surface area contributed by atoms with Crippen LogP contribution in [0.25, 0.3) is 5.52 Å². The Kier molecular flexibility index (Phi) is 8.58. The van der Waals surface area contributed by atoms with Crippen molar-refractivity contribution >= 4 is 38.5 Å². The number of rotatable bonds is 7. The van der Waals surface area contributed by atoms with E-state index >= 15 is 0 Å². The second kappa shape index (κ2) is 11.6. The molecule has 7 nitrogen and oxygen atoms in total. The molecule has 0 unspecified atom stereocenters. The van der Waals surface area contributed by atoms with Crippen molar-refractivity contribution in [1.29, 1.82) is 0 Å². The van der Waals surface area contributed by atoms with Gasteiger partial charge < -0.3 is 24.7 Å². The fourth-order valence-corrected chi connectivity index (χ4v) is 5.68. The molecule has 1 fully saturated rings. The van der Waals surface area contributed by atoms with E-state index in [-0.39, 0.29) is 40.3 Å². The Labute approximate surface area is 228 Å². The highest BCUT2D eigenvalue weighted by Gasteiger charge is 2.33. The minimum absolute atomic E-state index is 0.0567. The van der Waals surface area contributed by atoms with Crippen LogP contribution in [0.3, 0.4) is 0 Å². The largest absolute Gasteiger partial charge is 0.495 e. The Bertz CT molecular complexity index is 1510. The van der Waals surface area contributed by atoms with Crippen LogP contribution < -0.4 is 15.4 Å². The highest BCUT2D eigenvalue weighted by Crippen LogP contribution is 2.41. The molecule has 2 atom stereocenters. The molecule has 1 saturated heterocycles. The third-order valence-corrected chi connectivity index (χ3v) is 8.20. The molecule has 2 N–H and O–H groups in total. The molecule has 0 spiro atoms. The van der Waals surface area contributed by atoms with E-state index in [2.05, 4.69) is 22.5 Å². The fraction of sp³-hybridized carbons (Fsp3) is 0.385. The number of alkyl halides is 4. The average Bonchev–Trinajstić information content (AvgIpc) is 3.19. The van der Waals surface area contributed by atoms with Crippen LogP contribution >= 0.6 is 11.8 Å². The van der Waals surface area contributed by atoms with E-state index in [1.54, 1.807) is 18.2 Å². The molecule has 0 aliphatic carbocycles.